The molecule has 1 amide bonds. The summed E-state index contributed by atoms with van der Waals surface area (Å²) in [7, 11) is 2.94. The Morgan fingerprint density at radius 2 is 1.29 bits per heavy atom. The number of carbonyl (C=O) groups excluding carboxylic acids is 2. The zero-order valence-electron chi connectivity index (χ0n) is 16.8. The largest absolute Gasteiger partial charge is 0.297 e. The van der Waals surface area contributed by atoms with Crippen molar-refractivity contribution in [2.45, 2.75) is 6.92 Å². The summed E-state index contributed by atoms with van der Waals surface area (Å²) < 4.78 is 1.89. The van der Waals surface area contributed by atoms with Crippen LogP contribution in [0.3, 0.4) is 0 Å². The second-order valence-electron chi connectivity index (χ2n) is 6.41. The Morgan fingerprint density at radius 1 is 0.806 bits per heavy atom. The Hall–Kier alpha value is -2.82. The SMILES string of the molecule is CC(=O)c1cc2cc(Br)ccc2nn1.CON(C)C(=O)c1cc2cc(Br)ccc2nn1. The molecular formula is C21H17Br2N5O3. The minimum Gasteiger partial charge on any atom is -0.293 e. The molecule has 0 N–H and O–H groups in total. The number of hydrogen-bond donors (Lipinski definition) is 0. The lowest BCUT2D eigenvalue weighted by atomic mass is 10.2. The van der Waals surface area contributed by atoms with Gasteiger partial charge in [0, 0.05) is 33.7 Å². The van der Waals surface area contributed by atoms with Gasteiger partial charge in [0.25, 0.3) is 5.91 Å². The molecule has 10 heteroatoms. The van der Waals surface area contributed by atoms with E-state index in [0.29, 0.717) is 5.69 Å². The normalized spacial score (nSPS) is 10.5. The van der Waals surface area contributed by atoms with Gasteiger partial charge in [0.15, 0.2) is 11.5 Å². The zero-order chi connectivity index (χ0) is 22.5. The molecule has 0 spiro atoms. The number of hydroxylamine groups is 2. The van der Waals surface area contributed by atoms with Crippen LogP contribution in [0.15, 0.2) is 57.5 Å². The Balaban J connectivity index is 0.000000179. The highest BCUT2D eigenvalue weighted by Gasteiger charge is 2.14. The van der Waals surface area contributed by atoms with Crippen molar-refractivity contribution in [3.05, 3.63) is 68.9 Å². The summed E-state index contributed by atoms with van der Waals surface area (Å²) in [6.45, 7) is 1.48. The summed E-state index contributed by atoms with van der Waals surface area (Å²) in [5.74, 6) is -0.402. The van der Waals surface area contributed by atoms with Gasteiger partial charge in [-0.25, -0.2) is 5.06 Å². The van der Waals surface area contributed by atoms with Crippen LogP contribution in [0.5, 0.6) is 0 Å². The van der Waals surface area contributed by atoms with E-state index in [-0.39, 0.29) is 17.4 Å². The summed E-state index contributed by atoms with van der Waals surface area (Å²) in [4.78, 5) is 27.7. The summed E-state index contributed by atoms with van der Waals surface area (Å²) in [6.07, 6.45) is 0. The van der Waals surface area contributed by atoms with Crippen LogP contribution in [0.2, 0.25) is 0 Å². The van der Waals surface area contributed by atoms with Gasteiger partial charge < -0.3 is 0 Å². The molecule has 2 heterocycles. The van der Waals surface area contributed by atoms with Crippen LogP contribution < -0.4 is 0 Å². The van der Waals surface area contributed by atoms with Gasteiger partial charge >= 0.3 is 0 Å². The Morgan fingerprint density at radius 3 is 1.77 bits per heavy atom. The van der Waals surface area contributed by atoms with Crippen LogP contribution in [0, 0.1) is 0 Å². The Labute approximate surface area is 194 Å². The summed E-state index contributed by atoms with van der Waals surface area (Å²) in [5, 5.41) is 18.5. The number of halogens is 2. The lowest BCUT2D eigenvalue weighted by Crippen LogP contribution is -2.26. The van der Waals surface area contributed by atoms with E-state index in [9.17, 15) is 9.59 Å². The second kappa shape index (κ2) is 9.99. The summed E-state index contributed by atoms with van der Waals surface area (Å²) in [5.41, 5.74) is 2.18. The highest BCUT2D eigenvalue weighted by Crippen LogP contribution is 2.19. The Bertz CT molecular complexity index is 1280. The summed E-state index contributed by atoms with van der Waals surface area (Å²) in [6, 6.07) is 14.7. The molecule has 0 aliphatic rings. The molecule has 2 aromatic heterocycles. The van der Waals surface area contributed by atoms with E-state index in [2.05, 4.69) is 52.3 Å². The molecule has 0 bridgehead atoms. The number of nitrogens with zero attached hydrogens (tertiary/aromatic N) is 5. The van der Waals surface area contributed by atoms with Gasteiger partial charge in [-0.15, -0.1) is 20.4 Å². The number of aromatic nitrogens is 4. The zero-order valence-corrected chi connectivity index (χ0v) is 20.0. The van der Waals surface area contributed by atoms with Crippen molar-refractivity contribution >= 4 is 65.4 Å². The lowest BCUT2D eigenvalue weighted by Gasteiger charge is -2.12. The standard InChI is InChI=1S/C11H10BrN3O2.C10H7BrN2O/c1-15(17-2)11(16)10-6-7-5-8(12)3-4-9(7)13-14-10;1-6(14)10-5-7-4-8(11)2-3-9(7)12-13-10/h3-6H,1-2H3;2-5H,1H3. The fourth-order valence-corrected chi connectivity index (χ4v) is 3.31. The number of Topliss-reactive ketones (excluding diaryl/α,β-unsaturated/α-hetero) is 1. The van der Waals surface area contributed by atoms with Crippen molar-refractivity contribution in [3.63, 3.8) is 0 Å². The van der Waals surface area contributed by atoms with E-state index in [1.807, 2.05) is 36.4 Å². The minimum absolute atomic E-state index is 0.0700. The van der Waals surface area contributed by atoms with Gasteiger partial charge in [-0.2, -0.15) is 0 Å². The van der Waals surface area contributed by atoms with Crippen LogP contribution in [-0.2, 0) is 4.84 Å². The third kappa shape index (κ3) is 5.66. The fraction of sp³-hybridized carbons (Fsp3) is 0.143. The van der Waals surface area contributed by atoms with Crippen molar-refractivity contribution in [1.82, 2.24) is 25.5 Å². The predicted molar refractivity (Wildman–Crippen MR) is 124 cm³/mol. The molecule has 0 aliphatic carbocycles. The highest BCUT2D eigenvalue weighted by molar-refractivity contribution is 9.10. The van der Waals surface area contributed by atoms with Crippen LogP contribution in [-0.4, -0.2) is 51.3 Å². The van der Waals surface area contributed by atoms with Crippen LogP contribution in [0.4, 0.5) is 0 Å². The third-order valence-electron chi connectivity index (χ3n) is 4.23. The maximum Gasteiger partial charge on any atom is 0.297 e. The van der Waals surface area contributed by atoms with Gasteiger partial charge in [-0.1, -0.05) is 31.9 Å². The topological polar surface area (TPSA) is 98.2 Å². The van der Waals surface area contributed by atoms with Crippen LogP contribution in [0.1, 0.15) is 27.9 Å². The Kier molecular flexibility index (Phi) is 7.37. The molecule has 0 atom stereocenters. The van der Waals surface area contributed by atoms with E-state index < -0.39 is 0 Å². The first-order valence-electron chi connectivity index (χ1n) is 8.97. The lowest BCUT2D eigenvalue weighted by molar-refractivity contribution is -0.0761. The van der Waals surface area contributed by atoms with Gasteiger partial charge in [-0.05, 0) is 48.5 Å². The van der Waals surface area contributed by atoms with Crippen molar-refractivity contribution in [1.29, 1.82) is 0 Å². The maximum atomic E-state index is 11.8. The quantitative estimate of drug-likeness (QED) is 0.273. The molecule has 0 fully saturated rings. The molecule has 31 heavy (non-hydrogen) atoms. The molecular weight excluding hydrogens is 530 g/mol. The first-order chi connectivity index (χ1) is 14.8. The number of carbonyl (C=O) groups is 2. The second-order valence-corrected chi connectivity index (χ2v) is 8.24. The molecule has 2 aromatic carbocycles. The molecule has 4 rings (SSSR count). The third-order valence-corrected chi connectivity index (χ3v) is 5.22. The minimum atomic E-state index is -0.332. The number of fused-ring (bicyclic) bond motifs is 2. The maximum absolute atomic E-state index is 11.8. The van der Waals surface area contributed by atoms with E-state index in [4.69, 9.17) is 4.84 Å². The summed E-state index contributed by atoms with van der Waals surface area (Å²) >= 11 is 6.73. The molecule has 8 nitrogen and oxygen atoms in total. The van der Waals surface area contributed by atoms with Gasteiger partial charge in [0.1, 0.15) is 5.69 Å². The van der Waals surface area contributed by atoms with Crippen LogP contribution in [0.25, 0.3) is 21.8 Å². The van der Waals surface area contributed by atoms with Gasteiger partial charge in [0.05, 0.1) is 18.1 Å². The van der Waals surface area contributed by atoms with E-state index in [1.54, 1.807) is 12.1 Å². The smallest absolute Gasteiger partial charge is 0.293 e. The molecule has 0 saturated heterocycles. The highest BCUT2D eigenvalue weighted by atomic mass is 79.9. The molecule has 158 valence electrons. The van der Waals surface area contributed by atoms with Crippen molar-refractivity contribution < 1.29 is 14.4 Å². The first kappa shape index (κ1) is 22.9. The first-order valence-corrected chi connectivity index (χ1v) is 10.6. The average molecular weight is 547 g/mol. The van der Waals surface area contributed by atoms with Crippen molar-refractivity contribution in [2.75, 3.05) is 14.2 Å². The average Bonchev–Trinajstić information content (AvgIpc) is 2.77. The van der Waals surface area contributed by atoms with Gasteiger partial charge in [0.2, 0.25) is 0 Å². The molecule has 0 unspecified atom stereocenters. The predicted octanol–water partition coefficient (Wildman–Crippen LogP) is 4.62. The number of hydrogen-bond acceptors (Lipinski definition) is 7. The van der Waals surface area contributed by atoms with Crippen molar-refractivity contribution in [3.8, 4) is 0 Å². The molecule has 0 aliphatic heterocycles. The molecule has 0 radical (unpaired) electrons. The van der Waals surface area contributed by atoms with Crippen LogP contribution >= 0.6 is 31.9 Å². The van der Waals surface area contributed by atoms with Crippen molar-refractivity contribution in [2.24, 2.45) is 0 Å². The van der Waals surface area contributed by atoms with Gasteiger partial charge in [-0.3, -0.25) is 14.4 Å². The molecule has 4 aromatic rings. The monoisotopic (exact) mass is 545 g/mol. The number of ketones is 1. The van der Waals surface area contributed by atoms with E-state index in [0.717, 1.165) is 35.8 Å². The number of benzene rings is 2. The molecule has 0 saturated carbocycles. The van der Waals surface area contributed by atoms with E-state index in [1.165, 1.54) is 21.1 Å². The number of rotatable bonds is 3. The van der Waals surface area contributed by atoms with E-state index >= 15 is 0 Å². The number of amides is 1. The fourth-order valence-electron chi connectivity index (χ4n) is 2.55.